The summed E-state index contributed by atoms with van der Waals surface area (Å²) in [6, 6.07) is 2.16. The van der Waals surface area contributed by atoms with Gasteiger partial charge in [0.15, 0.2) is 0 Å². The van der Waals surface area contributed by atoms with Gasteiger partial charge in [-0.2, -0.15) is 5.26 Å². The summed E-state index contributed by atoms with van der Waals surface area (Å²) in [6.07, 6.45) is 2.11. The first-order chi connectivity index (χ1) is 6.57. The van der Waals surface area contributed by atoms with E-state index >= 15 is 0 Å². The normalized spacial score (nSPS) is 10.8. The Bertz CT molecular complexity index is 226. The average molecular weight is 196 g/mol. The second kappa shape index (κ2) is 5.64. The monoisotopic (exact) mass is 196 g/mol. The van der Waals surface area contributed by atoms with Crippen molar-refractivity contribution in [3.05, 3.63) is 0 Å². The molecular weight excluding hydrogens is 176 g/mol. The molecule has 0 atom stereocenters. The first-order valence-corrected chi connectivity index (χ1v) is 5.24. The van der Waals surface area contributed by atoms with Crippen molar-refractivity contribution in [1.82, 2.24) is 4.90 Å². The van der Waals surface area contributed by atoms with E-state index in [-0.39, 0.29) is 5.91 Å². The zero-order valence-electron chi connectivity index (χ0n) is 9.63. The summed E-state index contributed by atoms with van der Waals surface area (Å²) in [5.41, 5.74) is -0.802. The van der Waals surface area contributed by atoms with Crippen LogP contribution in [0.1, 0.15) is 40.0 Å². The van der Waals surface area contributed by atoms with E-state index in [0.717, 1.165) is 13.0 Å². The van der Waals surface area contributed by atoms with Gasteiger partial charge < -0.3 is 4.90 Å². The highest BCUT2D eigenvalue weighted by atomic mass is 16.2. The van der Waals surface area contributed by atoms with E-state index in [1.54, 1.807) is 11.9 Å². The molecule has 0 saturated carbocycles. The molecule has 0 aromatic carbocycles. The molecule has 0 radical (unpaired) electrons. The van der Waals surface area contributed by atoms with Crippen LogP contribution in [0.3, 0.4) is 0 Å². The molecule has 0 spiro atoms. The molecular formula is C11H20N2O. The van der Waals surface area contributed by atoms with Crippen molar-refractivity contribution in [3.63, 3.8) is 0 Å². The predicted octanol–water partition coefficient (Wildman–Crippen LogP) is 2.18. The van der Waals surface area contributed by atoms with Crippen LogP contribution in [-0.2, 0) is 4.79 Å². The van der Waals surface area contributed by atoms with Crippen LogP contribution in [0.25, 0.3) is 0 Å². The third kappa shape index (κ3) is 2.47. The van der Waals surface area contributed by atoms with Crippen LogP contribution >= 0.6 is 0 Å². The molecule has 0 N–H and O–H groups in total. The standard InChI is InChI=1S/C11H20N2O/c1-5-8-13(4)10(14)11(6-2,7-3)9-12/h5-8H2,1-4H3. The quantitative estimate of drug-likeness (QED) is 0.676. The molecule has 3 heteroatoms. The molecule has 0 aliphatic rings. The first kappa shape index (κ1) is 13.0. The maximum absolute atomic E-state index is 12.0. The first-order valence-electron chi connectivity index (χ1n) is 5.24. The second-order valence-corrected chi connectivity index (χ2v) is 3.63. The summed E-state index contributed by atoms with van der Waals surface area (Å²) >= 11 is 0. The number of nitriles is 1. The number of carbonyl (C=O) groups is 1. The van der Waals surface area contributed by atoms with Crippen LogP contribution in [0.4, 0.5) is 0 Å². The molecule has 0 unspecified atom stereocenters. The number of carbonyl (C=O) groups excluding carboxylic acids is 1. The highest BCUT2D eigenvalue weighted by Crippen LogP contribution is 2.27. The molecule has 0 aromatic heterocycles. The number of hydrogen-bond acceptors (Lipinski definition) is 2. The van der Waals surface area contributed by atoms with E-state index in [2.05, 4.69) is 6.07 Å². The van der Waals surface area contributed by atoms with Crippen molar-refractivity contribution in [1.29, 1.82) is 5.26 Å². The lowest BCUT2D eigenvalue weighted by molar-refractivity contribution is -0.138. The molecule has 80 valence electrons. The van der Waals surface area contributed by atoms with Crippen molar-refractivity contribution in [2.45, 2.75) is 40.0 Å². The van der Waals surface area contributed by atoms with Crippen LogP contribution in [0.2, 0.25) is 0 Å². The molecule has 0 saturated heterocycles. The molecule has 0 fully saturated rings. The van der Waals surface area contributed by atoms with Crippen molar-refractivity contribution >= 4 is 5.91 Å². The Labute approximate surface area is 86.7 Å². The van der Waals surface area contributed by atoms with Gasteiger partial charge >= 0.3 is 0 Å². The summed E-state index contributed by atoms with van der Waals surface area (Å²) in [7, 11) is 1.77. The van der Waals surface area contributed by atoms with E-state index in [1.165, 1.54) is 0 Å². The highest BCUT2D eigenvalue weighted by Gasteiger charge is 2.36. The van der Waals surface area contributed by atoms with Crippen LogP contribution in [-0.4, -0.2) is 24.4 Å². The lowest BCUT2D eigenvalue weighted by Gasteiger charge is -2.28. The zero-order chi connectivity index (χ0) is 11.2. The second-order valence-electron chi connectivity index (χ2n) is 3.63. The van der Waals surface area contributed by atoms with E-state index in [4.69, 9.17) is 5.26 Å². The van der Waals surface area contributed by atoms with E-state index < -0.39 is 5.41 Å². The smallest absolute Gasteiger partial charge is 0.242 e. The largest absolute Gasteiger partial charge is 0.344 e. The summed E-state index contributed by atoms with van der Waals surface area (Å²) in [4.78, 5) is 13.6. The minimum Gasteiger partial charge on any atom is -0.344 e. The Morgan fingerprint density at radius 3 is 2.14 bits per heavy atom. The van der Waals surface area contributed by atoms with Crippen LogP contribution in [0.5, 0.6) is 0 Å². The number of amides is 1. The fourth-order valence-electron chi connectivity index (χ4n) is 1.56. The lowest BCUT2D eigenvalue weighted by atomic mass is 9.82. The molecule has 0 aliphatic carbocycles. The summed E-state index contributed by atoms with van der Waals surface area (Å²) in [6.45, 7) is 6.53. The minimum absolute atomic E-state index is 0.0353. The lowest BCUT2D eigenvalue weighted by Crippen LogP contribution is -2.41. The summed E-state index contributed by atoms with van der Waals surface area (Å²) in [5.74, 6) is -0.0353. The van der Waals surface area contributed by atoms with Gasteiger partial charge in [0.05, 0.1) is 6.07 Å². The Hall–Kier alpha value is -1.04. The molecule has 3 nitrogen and oxygen atoms in total. The maximum atomic E-state index is 12.0. The summed E-state index contributed by atoms with van der Waals surface area (Å²) < 4.78 is 0. The maximum Gasteiger partial charge on any atom is 0.242 e. The van der Waals surface area contributed by atoms with Crippen molar-refractivity contribution in [2.75, 3.05) is 13.6 Å². The van der Waals surface area contributed by atoms with Gasteiger partial charge in [0.25, 0.3) is 0 Å². The third-order valence-corrected chi connectivity index (χ3v) is 2.74. The van der Waals surface area contributed by atoms with Crippen molar-refractivity contribution in [2.24, 2.45) is 5.41 Å². The molecule has 0 aromatic rings. The van der Waals surface area contributed by atoms with Gasteiger partial charge in [-0.3, -0.25) is 4.79 Å². The molecule has 0 aliphatic heterocycles. The molecule has 0 rings (SSSR count). The van der Waals surface area contributed by atoms with Gasteiger partial charge in [0.2, 0.25) is 5.91 Å². The van der Waals surface area contributed by atoms with Gasteiger partial charge in [-0.05, 0) is 19.3 Å². The van der Waals surface area contributed by atoms with Gasteiger partial charge in [-0.1, -0.05) is 20.8 Å². The molecule has 0 heterocycles. The van der Waals surface area contributed by atoms with Crippen LogP contribution < -0.4 is 0 Å². The third-order valence-electron chi connectivity index (χ3n) is 2.74. The zero-order valence-corrected chi connectivity index (χ0v) is 9.63. The Kier molecular flexibility index (Phi) is 5.22. The molecule has 0 bridgehead atoms. The fraction of sp³-hybridized carbons (Fsp3) is 0.818. The topological polar surface area (TPSA) is 44.1 Å². The Morgan fingerprint density at radius 2 is 1.86 bits per heavy atom. The Balaban J connectivity index is 4.69. The minimum atomic E-state index is -0.802. The van der Waals surface area contributed by atoms with Gasteiger partial charge in [-0.25, -0.2) is 0 Å². The van der Waals surface area contributed by atoms with Crippen molar-refractivity contribution in [3.8, 4) is 6.07 Å². The average Bonchev–Trinajstić information content (AvgIpc) is 2.21. The Morgan fingerprint density at radius 1 is 1.36 bits per heavy atom. The van der Waals surface area contributed by atoms with E-state index in [1.807, 2.05) is 20.8 Å². The predicted molar refractivity (Wildman–Crippen MR) is 56.6 cm³/mol. The number of rotatable bonds is 5. The van der Waals surface area contributed by atoms with Crippen LogP contribution in [0, 0.1) is 16.7 Å². The van der Waals surface area contributed by atoms with Crippen LogP contribution in [0.15, 0.2) is 0 Å². The molecule has 14 heavy (non-hydrogen) atoms. The van der Waals surface area contributed by atoms with Gasteiger partial charge in [-0.15, -0.1) is 0 Å². The summed E-state index contributed by atoms with van der Waals surface area (Å²) in [5, 5.41) is 9.07. The van der Waals surface area contributed by atoms with E-state index in [0.29, 0.717) is 12.8 Å². The van der Waals surface area contributed by atoms with Gasteiger partial charge in [0.1, 0.15) is 5.41 Å². The number of nitrogens with zero attached hydrogens (tertiary/aromatic N) is 2. The fourth-order valence-corrected chi connectivity index (χ4v) is 1.56. The number of hydrogen-bond donors (Lipinski definition) is 0. The van der Waals surface area contributed by atoms with Crippen molar-refractivity contribution < 1.29 is 4.79 Å². The molecule has 1 amide bonds. The van der Waals surface area contributed by atoms with E-state index in [9.17, 15) is 4.79 Å². The SMILES string of the molecule is CCCN(C)C(=O)C(C#N)(CC)CC. The van der Waals surface area contributed by atoms with Gasteiger partial charge in [0, 0.05) is 13.6 Å². The highest BCUT2D eigenvalue weighted by molar-refractivity contribution is 5.85.